The lowest BCUT2D eigenvalue weighted by molar-refractivity contribution is 0.0691. The van der Waals surface area contributed by atoms with Gasteiger partial charge in [0.2, 0.25) is 0 Å². The average Bonchev–Trinajstić information content (AvgIpc) is 2.14. The van der Waals surface area contributed by atoms with Crippen molar-refractivity contribution in [3.63, 3.8) is 0 Å². The Labute approximate surface area is 98.9 Å². The van der Waals surface area contributed by atoms with Gasteiger partial charge in [0.1, 0.15) is 5.82 Å². The summed E-state index contributed by atoms with van der Waals surface area (Å²) in [7, 11) is 0. The van der Waals surface area contributed by atoms with Crippen LogP contribution in [0.2, 0.25) is 0 Å². The molecule has 0 aliphatic heterocycles. The van der Waals surface area contributed by atoms with Gasteiger partial charge >= 0.3 is 5.97 Å². The van der Waals surface area contributed by atoms with Crippen molar-refractivity contribution in [2.75, 3.05) is 0 Å². The third-order valence-corrected chi connectivity index (χ3v) is 3.29. The van der Waals surface area contributed by atoms with Gasteiger partial charge in [-0.1, -0.05) is 32.9 Å². The van der Waals surface area contributed by atoms with E-state index in [2.05, 4.69) is 0 Å². The highest BCUT2D eigenvalue weighted by Crippen LogP contribution is 2.28. The molecule has 1 rings (SSSR count). The molecule has 0 unspecified atom stereocenters. The topological polar surface area (TPSA) is 37.3 Å². The monoisotopic (exact) mass is 242 g/mol. The van der Waals surface area contributed by atoms with Gasteiger partial charge in [0.05, 0.1) is 5.56 Å². The van der Waals surface area contributed by atoms with E-state index >= 15 is 0 Å². The summed E-state index contributed by atoms with van der Waals surface area (Å²) in [6.07, 6.45) is 0. The number of benzene rings is 1. The van der Waals surface area contributed by atoms with Gasteiger partial charge in [-0.15, -0.1) is 0 Å². The number of carboxylic acid groups (broad SMARTS) is 1. The number of hydrogen-bond donors (Lipinski definition) is 1. The molecule has 0 aliphatic carbocycles. The molecule has 0 fully saturated rings. The molecule has 0 bridgehead atoms. The highest BCUT2D eigenvalue weighted by molar-refractivity contribution is 7.99. The van der Waals surface area contributed by atoms with Gasteiger partial charge in [0, 0.05) is 10.5 Å². The molecule has 1 aromatic carbocycles. The van der Waals surface area contributed by atoms with E-state index in [-0.39, 0.29) is 10.3 Å². The molecular weight excluding hydrogens is 227 g/mol. The summed E-state index contributed by atoms with van der Waals surface area (Å²) in [5.74, 6) is -1.36. The van der Waals surface area contributed by atoms with Crippen LogP contribution in [0.1, 0.15) is 36.7 Å². The highest BCUT2D eigenvalue weighted by atomic mass is 32.2. The summed E-state index contributed by atoms with van der Waals surface area (Å²) in [6.45, 7) is 6.11. The van der Waals surface area contributed by atoms with E-state index in [9.17, 15) is 9.18 Å². The maximum absolute atomic E-state index is 13.7. The molecule has 1 aromatic rings. The Hall–Kier alpha value is -1.03. The smallest absolute Gasteiger partial charge is 0.338 e. The maximum Gasteiger partial charge on any atom is 0.338 e. The zero-order valence-corrected chi connectivity index (χ0v) is 10.4. The van der Waals surface area contributed by atoms with Crippen molar-refractivity contribution in [1.82, 2.24) is 0 Å². The van der Waals surface area contributed by atoms with Crippen molar-refractivity contribution in [1.29, 1.82) is 0 Å². The maximum atomic E-state index is 13.7. The van der Waals surface area contributed by atoms with Crippen molar-refractivity contribution < 1.29 is 14.3 Å². The predicted molar refractivity (Wildman–Crippen MR) is 64.4 cm³/mol. The number of hydrogen-bond acceptors (Lipinski definition) is 2. The summed E-state index contributed by atoms with van der Waals surface area (Å²) in [5, 5.41) is 8.77. The Morgan fingerprint density at radius 1 is 1.44 bits per heavy atom. The quantitative estimate of drug-likeness (QED) is 0.880. The van der Waals surface area contributed by atoms with Crippen molar-refractivity contribution >= 4 is 17.7 Å². The fraction of sp³-hybridized carbons (Fsp3) is 0.417. The minimum absolute atomic E-state index is 0.0334. The number of carboxylic acids is 1. The van der Waals surface area contributed by atoms with Gasteiger partial charge < -0.3 is 5.11 Å². The Kier molecular flexibility index (Phi) is 3.97. The van der Waals surface area contributed by atoms with Crippen molar-refractivity contribution in [2.45, 2.75) is 31.3 Å². The lowest BCUT2D eigenvalue weighted by Crippen LogP contribution is -2.09. The predicted octanol–water partition coefficient (Wildman–Crippen LogP) is 3.56. The number of halogens is 1. The van der Waals surface area contributed by atoms with Crippen LogP contribution >= 0.6 is 11.8 Å². The van der Waals surface area contributed by atoms with Crippen LogP contribution in [0.3, 0.4) is 0 Å². The SMILES string of the molecule is CC(C)(C)SCc1cccc(C(=O)O)c1F. The van der Waals surface area contributed by atoms with Crippen molar-refractivity contribution in [3.05, 3.63) is 35.1 Å². The Morgan fingerprint density at radius 3 is 2.56 bits per heavy atom. The molecule has 0 saturated heterocycles. The molecule has 0 radical (unpaired) electrons. The van der Waals surface area contributed by atoms with E-state index in [1.165, 1.54) is 6.07 Å². The van der Waals surface area contributed by atoms with Gasteiger partial charge in [0.15, 0.2) is 0 Å². The van der Waals surface area contributed by atoms with Crippen LogP contribution in [0.5, 0.6) is 0 Å². The van der Waals surface area contributed by atoms with E-state index in [0.717, 1.165) is 0 Å². The summed E-state index contributed by atoms with van der Waals surface area (Å²) in [4.78, 5) is 10.7. The second-order valence-electron chi connectivity index (χ2n) is 4.48. The Morgan fingerprint density at radius 2 is 2.06 bits per heavy atom. The van der Waals surface area contributed by atoms with Gasteiger partial charge in [-0.05, 0) is 11.6 Å². The van der Waals surface area contributed by atoms with Crippen LogP contribution in [0.4, 0.5) is 4.39 Å². The van der Waals surface area contributed by atoms with Crippen LogP contribution in [0, 0.1) is 5.82 Å². The van der Waals surface area contributed by atoms with E-state index in [4.69, 9.17) is 5.11 Å². The highest BCUT2D eigenvalue weighted by Gasteiger charge is 2.16. The first-order valence-electron chi connectivity index (χ1n) is 4.96. The number of aromatic carboxylic acids is 1. The summed E-state index contributed by atoms with van der Waals surface area (Å²) >= 11 is 1.59. The first-order chi connectivity index (χ1) is 7.31. The molecule has 0 atom stereocenters. The molecule has 0 saturated carbocycles. The van der Waals surface area contributed by atoms with Gasteiger partial charge in [-0.3, -0.25) is 0 Å². The zero-order chi connectivity index (χ0) is 12.3. The number of carbonyl (C=O) groups is 1. The van der Waals surface area contributed by atoms with E-state index < -0.39 is 11.8 Å². The third kappa shape index (κ3) is 3.52. The number of thioether (sulfide) groups is 1. The fourth-order valence-electron chi connectivity index (χ4n) is 1.15. The van der Waals surface area contributed by atoms with Crippen LogP contribution in [0.25, 0.3) is 0 Å². The van der Waals surface area contributed by atoms with Crippen molar-refractivity contribution in [3.8, 4) is 0 Å². The van der Waals surface area contributed by atoms with E-state index in [0.29, 0.717) is 11.3 Å². The van der Waals surface area contributed by atoms with Crippen molar-refractivity contribution in [2.24, 2.45) is 0 Å². The first-order valence-corrected chi connectivity index (χ1v) is 5.94. The molecule has 88 valence electrons. The molecule has 0 heterocycles. The number of rotatable bonds is 3. The average molecular weight is 242 g/mol. The molecule has 16 heavy (non-hydrogen) atoms. The van der Waals surface area contributed by atoms with Gasteiger partial charge in [-0.2, -0.15) is 11.8 Å². The zero-order valence-electron chi connectivity index (χ0n) is 9.58. The van der Waals surface area contributed by atoms with Gasteiger partial charge in [0.25, 0.3) is 0 Å². The van der Waals surface area contributed by atoms with Crippen LogP contribution in [0.15, 0.2) is 18.2 Å². The lowest BCUT2D eigenvalue weighted by atomic mass is 10.1. The van der Waals surface area contributed by atoms with Crippen LogP contribution in [-0.2, 0) is 5.75 Å². The first kappa shape index (κ1) is 13.0. The minimum atomic E-state index is -1.22. The third-order valence-electron chi connectivity index (χ3n) is 1.97. The lowest BCUT2D eigenvalue weighted by Gasteiger charge is -2.17. The summed E-state index contributed by atoms with van der Waals surface area (Å²) in [6, 6.07) is 4.48. The molecule has 4 heteroatoms. The molecule has 0 aromatic heterocycles. The second kappa shape index (κ2) is 4.87. The summed E-state index contributed by atoms with van der Waals surface area (Å²) in [5.41, 5.74) is 0.187. The standard InChI is InChI=1S/C12H15FO2S/c1-12(2,3)16-7-8-5-4-6-9(10(8)13)11(14)15/h4-6H,7H2,1-3H3,(H,14,15). The fourth-order valence-corrected chi connectivity index (χ4v) is 1.96. The van der Waals surface area contributed by atoms with Crippen LogP contribution in [-0.4, -0.2) is 15.8 Å². The normalized spacial score (nSPS) is 11.5. The Bertz CT molecular complexity index is 396. The van der Waals surface area contributed by atoms with Gasteiger partial charge in [-0.25, -0.2) is 9.18 Å². The molecule has 0 spiro atoms. The van der Waals surface area contributed by atoms with E-state index in [1.54, 1.807) is 23.9 Å². The largest absolute Gasteiger partial charge is 0.478 e. The summed E-state index contributed by atoms with van der Waals surface area (Å²) < 4.78 is 13.7. The minimum Gasteiger partial charge on any atom is -0.478 e. The molecule has 2 nitrogen and oxygen atoms in total. The van der Waals surface area contributed by atoms with E-state index in [1.807, 2.05) is 20.8 Å². The molecular formula is C12H15FO2S. The Balaban J connectivity index is 2.90. The second-order valence-corrected chi connectivity index (χ2v) is 6.29. The van der Waals surface area contributed by atoms with Crippen LogP contribution < -0.4 is 0 Å². The molecule has 0 aliphatic rings. The molecule has 1 N–H and O–H groups in total. The molecule has 0 amide bonds.